The first-order valence-electron chi connectivity index (χ1n) is 11.1. The van der Waals surface area contributed by atoms with Crippen molar-refractivity contribution in [2.45, 2.75) is 136 Å². The van der Waals surface area contributed by atoms with E-state index in [-0.39, 0.29) is 18.3 Å². The summed E-state index contributed by atoms with van der Waals surface area (Å²) in [6, 6.07) is 0. The van der Waals surface area contributed by atoms with E-state index in [2.05, 4.69) is 13.8 Å². The van der Waals surface area contributed by atoms with Crippen molar-refractivity contribution < 1.29 is 5.11 Å². The zero-order valence-corrected chi connectivity index (χ0v) is 18.3. The highest BCUT2D eigenvalue weighted by atomic mass is 35.5. The summed E-state index contributed by atoms with van der Waals surface area (Å²) in [4.78, 5) is 0. The van der Waals surface area contributed by atoms with Crippen LogP contribution in [-0.4, -0.2) is 10.8 Å². The summed E-state index contributed by atoms with van der Waals surface area (Å²) in [5, 5.41) is 10.2. The molecule has 3 heteroatoms. The topological polar surface area (TPSA) is 46.2 Å². The second kappa shape index (κ2) is 19.0. The van der Waals surface area contributed by atoms with Gasteiger partial charge in [-0.15, -0.1) is 12.4 Å². The van der Waals surface area contributed by atoms with Crippen molar-refractivity contribution in [3.63, 3.8) is 0 Å². The van der Waals surface area contributed by atoms with Gasteiger partial charge in [-0.25, -0.2) is 0 Å². The third-order valence-corrected chi connectivity index (χ3v) is 5.67. The van der Waals surface area contributed by atoms with Gasteiger partial charge in [-0.05, 0) is 19.3 Å². The van der Waals surface area contributed by atoms with Crippen molar-refractivity contribution in [1.82, 2.24) is 0 Å². The van der Waals surface area contributed by atoms with Crippen LogP contribution in [0.3, 0.4) is 0 Å². The maximum atomic E-state index is 10.2. The highest BCUT2D eigenvalue weighted by Gasteiger charge is 2.28. The minimum Gasteiger partial charge on any atom is -0.376 e. The van der Waals surface area contributed by atoms with Gasteiger partial charge in [0.05, 0.1) is 0 Å². The summed E-state index contributed by atoms with van der Waals surface area (Å²) >= 11 is 0. The zero-order valence-electron chi connectivity index (χ0n) is 17.5. The van der Waals surface area contributed by atoms with E-state index in [0.717, 1.165) is 12.8 Å². The van der Waals surface area contributed by atoms with E-state index in [1.807, 2.05) is 6.92 Å². The normalized spacial score (nSPS) is 14.8. The molecule has 0 saturated carbocycles. The molecule has 0 rings (SSSR count). The molecule has 0 aliphatic carbocycles. The minimum atomic E-state index is -0.953. The molecule has 0 saturated heterocycles. The second-order valence-corrected chi connectivity index (χ2v) is 7.83. The van der Waals surface area contributed by atoms with Crippen molar-refractivity contribution in [2.75, 3.05) is 0 Å². The lowest BCUT2D eigenvalue weighted by Crippen LogP contribution is -2.46. The van der Waals surface area contributed by atoms with Crippen LogP contribution in [0.5, 0.6) is 0 Å². The summed E-state index contributed by atoms with van der Waals surface area (Å²) in [6.45, 7) is 6.40. The van der Waals surface area contributed by atoms with Gasteiger partial charge in [-0.2, -0.15) is 0 Å². The molecule has 0 aromatic rings. The quantitative estimate of drug-likeness (QED) is 0.193. The molecule has 2 nitrogen and oxygen atoms in total. The Bertz CT molecular complexity index is 258. The zero-order chi connectivity index (χ0) is 18.1. The molecule has 0 fully saturated rings. The van der Waals surface area contributed by atoms with Crippen LogP contribution < -0.4 is 5.73 Å². The molecule has 3 N–H and O–H groups in total. The summed E-state index contributed by atoms with van der Waals surface area (Å²) in [7, 11) is 0. The number of hydrogen-bond donors (Lipinski definition) is 2. The number of nitrogens with two attached hydrogens (primary N) is 1. The smallest absolute Gasteiger partial charge is 0.116 e. The molecule has 0 bridgehead atoms. The average Bonchev–Trinajstić information content (AvgIpc) is 2.58. The largest absolute Gasteiger partial charge is 0.376 e. The Morgan fingerprint density at radius 2 is 1.04 bits per heavy atom. The molecule has 2 atom stereocenters. The van der Waals surface area contributed by atoms with Crippen LogP contribution in [0.2, 0.25) is 0 Å². The maximum Gasteiger partial charge on any atom is 0.116 e. The van der Waals surface area contributed by atoms with Crippen LogP contribution in [-0.2, 0) is 0 Å². The molecule has 0 aliphatic heterocycles. The van der Waals surface area contributed by atoms with Gasteiger partial charge in [0, 0.05) is 5.92 Å². The van der Waals surface area contributed by atoms with Crippen molar-refractivity contribution in [3.8, 4) is 0 Å². The van der Waals surface area contributed by atoms with Crippen LogP contribution in [0.15, 0.2) is 0 Å². The van der Waals surface area contributed by atoms with Crippen LogP contribution in [0.1, 0.15) is 130 Å². The number of rotatable bonds is 18. The molecule has 0 spiro atoms. The van der Waals surface area contributed by atoms with Crippen LogP contribution in [0.4, 0.5) is 0 Å². The standard InChI is InChI=1S/C22H47NO.ClH/c1-4-7-8-9-10-11-12-13-14-15-16-17-18-19-20-21(5-2)22(23,24)6-3;/h21,24H,4-20,23H2,1-3H3;1H. The fraction of sp³-hybridized carbons (Fsp3) is 1.00. The number of hydrogen-bond acceptors (Lipinski definition) is 2. The van der Waals surface area contributed by atoms with Gasteiger partial charge in [0.25, 0.3) is 0 Å². The molecular weight excluding hydrogens is 330 g/mol. The van der Waals surface area contributed by atoms with Gasteiger partial charge in [0.1, 0.15) is 5.72 Å². The van der Waals surface area contributed by atoms with Crippen molar-refractivity contribution in [1.29, 1.82) is 0 Å². The Hall–Kier alpha value is 0.210. The van der Waals surface area contributed by atoms with E-state index in [1.54, 1.807) is 0 Å². The van der Waals surface area contributed by atoms with Crippen molar-refractivity contribution in [3.05, 3.63) is 0 Å². The van der Waals surface area contributed by atoms with E-state index >= 15 is 0 Å². The lowest BCUT2D eigenvalue weighted by Gasteiger charge is -2.31. The van der Waals surface area contributed by atoms with E-state index in [4.69, 9.17) is 5.73 Å². The van der Waals surface area contributed by atoms with E-state index < -0.39 is 5.72 Å². The molecule has 0 aromatic heterocycles. The first-order chi connectivity index (χ1) is 11.6. The third kappa shape index (κ3) is 16.1. The van der Waals surface area contributed by atoms with Gasteiger partial charge < -0.3 is 10.8 Å². The highest BCUT2D eigenvalue weighted by molar-refractivity contribution is 5.85. The Morgan fingerprint density at radius 1 is 0.680 bits per heavy atom. The number of unbranched alkanes of at least 4 members (excludes halogenated alkanes) is 13. The molecular formula is C22H48ClNO. The van der Waals surface area contributed by atoms with E-state index in [1.165, 1.54) is 89.9 Å². The molecule has 0 heterocycles. The van der Waals surface area contributed by atoms with Gasteiger partial charge in [-0.1, -0.05) is 111 Å². The SMILES string of the molecule is CCCCCCCCCCCCCCCCC(CC)C(N)(O)CC.Cl. The minimum absolute atomic E-state index is 0. The fourth-order valence-electron chi connectivity index (χ4n) is 3.68. The molecule has 154 valence electrons. The van der Waals surface area contributed by atoms with Crippen LogP contribution in [0, 0.1) is 5.92 Å². The summed E-state index contributed by atoms with van der Waals surface area (Å²) in [5.41, 5.74) is 5.03. The lowest BCUT2D eigenvalue weighted by atomic mass is 9.86. The van der Waals surface area contributed by atoms with Gasteiger partial charge >= 0.3 is 0 Å². The first-order valence-corrected chi connectivity index (χ1v) is 11.1. The predicted octanol–water partition coefficient (Wildman–Crippen LogP) is 7.36. The maximum absolute atomic E-state index is 10.2. The van der Waals surface area contributed by atoms with Crippen LogP contribution in [0.25, 0.3) is 0 Å². The van der Waals surface area contributed by atoms with Crippen molar-refractivity contribution >= 4 is 12.4 Å². The van der Waals surface area contributed by atoms with Gasteiger partial charge in [0.15, 0.2) is 0 Å². The lowest BCUT2D eigenvalue weighted by molar-refractivity contribution is -0.0225. The number of aliphatic hydroxyl groups is 1. The van der Waals surface area contributed by atoms with Gasteiger partial charge in [0.2, 0.25) is 0 Å². The molecule has 0 amide bonds. The molecule has 0 aliphatic rings. The monoisotopic (exact) mass is 377 g/mol. The third-order valence-electron chi connectivity index (χ3n) is 5.67. The Kier molecular flexibility index (Phi) is 20.8. The second-order valence-electron chi connectivity index (χ2n) is 7.83. The highest BCUT2D eigenvalue weighted by Crippen LogP contribution is 2.25. The molecule has 25 heavy (non-hydrogen) atoms. The van der Waals surface area contributed by atoms with Crippen LogP contribution >= 0.6 is 12.4 Å². The van der Waals surface area contributed by atoms with Crippen molar-refractivity contribution in [2.24, 2.45) is 11.7 Å². The Morgan fingerprint density at radius 3 is 1.36 bits per heavy atom. The average molecular weight is 378 g/mol. The predicted molar refractivity (Wildman–Crippen MR) is 115 cm³/mol. The summed E-state index contributed by atoms with van der Waals surface area (Å²) in [5.74, 6) is 0.264. The Balaban J connectivity index is 0. The first kappa shape index (κ1) is 27.4. The molecule has 0 radical (unpaired) electrons. The van der Waals surface area contributed by atoms with E-state index in [9.17, 15) is 5.11 Å². The van der Waals surface area contributed by atoms with E-state index in [0.29, 0.717) is 6.42 Å². The van der Waals surface area contributed by atoms with Gasteiger partial charge in [-0.3, -0.25) is 0 Å². The fourth-order valence-corrected chi connectivity index (χ4v) is 3.68. The number of halogens is 1. The molecule has 2 unspecified atom stereocenters. The molecule has 0 aromatic carbocycles. The summed E-state index contributed by atoms with van der Waals surface area (Å²) in [6.07, 6.45) is 22.2. The Labute approximate surface area is 165 Å². The summed E-state index contributed by atoms with van der Waals surface area (Å²) < 4.78 is 0.